The van der Waals surface area contributed by atoms with Crippen LogP contribution >= 0.6 is 0 Å². The maximum atomic E-state index is 11.4. The predicted octanol–water partition coefficient (Wildman–Crippen LogP) is 1.66. The monoisotopic (exact) mass is 222 g/mol. The lowest BCUT2D eigenvalue weighted by Crippen LogP contribution is -2.39. The number of pyridine rings is 1. The van der Waals surface area contributed by atoms with Gasteiger partial charge in [0.1, 0.15) is 0 Å². The summed E-state index contributed by atoms with van der Waals surface area (Å²) < 4.78 is 4.99. The van der Waals surface area contributed by atoms with Gasteiger partial charge in [-0.15, -0.1) is 0 Å². The van der Waals surface area contributed by atoms with Gasteiger partial charge in [-0.05, 0) is 12.5 Å². The van der Waals surface area contributed by atoms with E-state index in [1.165, 1.54) is 0 Å². The lowest BCUT2D eigenvalue weighted by molar-refractivity contribution is 0.197. The Bertz CT molecular complexity index is 302. The fourth-order valence-corrected chi connectivity index (χ4v) is 1.72. The summed E-state index contributed by atoms with van der Waals surface area (Å²) in [5.41, 5.74) is 0.196. The van der Waals surface area contributed by atoms with E-state index in [1.807, 2.05) is 6.92 Å². The molecule has 1 N–H and O–H groups in total. The van der Waals surface area contributed by atoms with Crippen molar-refractivity contribution in [2.24, 2.45) is 0 Å². The van der Waals surface area contributed by atoms with Gasteiger partial charge in [-0.1, -0.05) is 19.5 Å². The Morgan fingerprint density at radius 1 is 1.67 bits per heavy atom. The molecule has 5 heteroatoms. The fraction of sp³-hybridized carbons (Fsp3) is 0.400. The van der Waals surface area contributed by atoms with Crippen LogP contribution in [0.1, 0.15) is 13.3 Å². The molecule has 4 nitrogen and oxygen atoms in total. The molecule has 0 spiro atoms. The summed E-state index contributed by atoms with van der Waals surface area (Å²) in [5.74, 6) is 0.323. The fourth-order valence-electron chi connectivity index (χ4n) is 1.05. The van der Waals surface area contributed by atoms with Crippen LogP contribution in [0, 0.1) is 0 Å². The van der Waals surface area contributed by atoms with Crippen molar-refractivity contribution < 1.29 is 9.53 Å². The van der Waals surface area contributed by atoms with Crippen molar-refractivity contribution >= 4 is 15.6 Å². The predicted molar refractivity (Wildman–Crippen MR) is 59.1 cm³/mol. The van der Waals surface area contributed by atoms with E-state index >= 15 is 0 Å². The van der Waals surface area contributed by atoms with Gasteiger partial charge >= 0.3 is 6.09 Å². The molecule has 80 valence electrons. The number of nitrogens with zero attached hydrogens (tertiary/aromatic N) is 1. The average Bonchev–Trinajstić information content (AvgIpc) is 2.27. The summed E-state index contributed by atoms with van der Waals surface area (Å²) in [6, 6.07) is 5.19. The molecule has 1 atom stereocenters. The van der Waals surface area contributed by atoms with E-state index < -0.39 is 6.09 Å². The van der Waals surface area contributed by atoms with E-state index in [1.54, 1.807) is 24.4 Å². The Balaban J connectivity index is 2.43. The zero-order valence-corrected chi connectivity index (χ0v) is 9.86. The van der Waals surface area contributed by atoms with Crippen LogP contribution in [-0.4, -0.2) is 26.3 Å². The van der Waals surface area contributed by atoms with E-state index in [-0.39, 0.29) is 5.67 Å². The third-order valence-electron chi connectivity index (χ3n) is 1.88. The Morgan fingerprint density at radius 3 is 3.00 bits per heavy atom. The van der Waals surface area contributed by atoms with E-state index in [4.69, 9.17) is 4.74 Å². The van der Waals surface area contributed by atoms with Crippen LogP contribution in [0.4, 0.5) is 4.79 Å². The molecule has 0 aliphatic rings. The summed E-state index contributed by atoms with van der Waals surface area (Å²) in [6.07, 6.45) is 2.06. The number of hydrogen-bond acceptors (Lipinski definition) is 3. The first-order valence-electron chi connectivity index (χ1n) is 4.83. The van der Waals surface area contributed by atoms with Gasteiger partial charge in [0.25, 0.3) is 0 Å². The standard InChI is InChI=1S/C10H14N2O2Si/c1-3-9(15-2)12-10(13)14-8-6-4-5-7-11-8/h4-7,9H,3H2,1-2H3,(H,12,13). The van der Waals surface area contributed by atoms with Gasteiger partial charge in [0.2, 0.25) is 5.88 Å². The number of amides is 1. The van der Waals surface area contributed by atoms with Crippen LogP contribution in [0.3, 0.4) is 0 Å². The van der Waals surface area contributed by atoms with Gasteiger partial charge in [0.15, 0.2) is 0 Å². The SMILES string of the molecule is CCC(NC(=O)Oc1ccccn1)[Si]C. The van der Waals surface area contributed by atoms with E-state index in [0.717, 1.165) is 6.42 Å². The molecule has 1 amide bonds. The maximum Gasteiger partial charge on any atom is 0.413 e. The topological polar surface area (TPSA) is 51.2 Å². The van der Waals surface area contributed by atoms with Gasteiger partial charge in [-0.2, -0.15) is 0 Å². The van der Waals surface area contributed by atoms with Crippen molar-refractivity contribution in [3.8, 4) is 5.88 Å². The molecule has 0 aliphatic carbocycles. The molecule has 0 aromatic carbocycles. The largest absolute Gasteiger partial charge is 0.413 e. The summed E-state index contributed by atoms with van der Waals surface area (Å²) in [5, 5.41) is 2.78. The smallest absolute Gasteiger partial charge is 0.391 e. The van der Waals surface area contributed by atoms with Gasteiger partial charge in [-0.25, -0.2) is 9.78 Å². The molecule has 0 bridgehead atoms. The second-order valence-electron chi connectivity index (χ2n) is 2.95. The highest BCUT2D eigenvalue weighted by Crippen LogP contribution is 2.03. The number of rotatable bonds is 4. The highest BCUT2D eigenvalue weighted by Gasteiger charge is 2.10. The molecule has 1 aromatic rings. The quantitative estimate of drug-likeness (QED) is 0.788. The van der Waals surface area contributed by atoms with E-state index in [2.05, 4.69) is 16.8 Å². The lowest BCUT2D eigenvalue weighted by Gasteiger charge is -2.13. The van der Waals surface area contributed by atoms with Crippen LogP contribution in [-0.2, 0) is 0 Å². The van der Waals surface area contributed by atoms with Gasteiger partial charge in [0.05, 0.1) is 9.52 Å². The minimum Gasteiger partial charge on any atom is -0.391 e. The summed E-state index contributed by atoms with van der Waals surface area (Å²) >= 11 is 0. The number of nitrogens with one attached hydrogen (secondary N) is 1. The van der Waals surface area contributed by atoms with Crippen molar-refractivity contribution in [1.29, 1.82) is 0 Å². The van der Waals surface area contributed by atoms with Crippen LogP contribution in [0.15, 0.2) is 24.4 Å². The third-order valence-corrected chi connectivity index (χ3v) is 3.13. The zero-order valence-electron chi connectivity index (χ0n) is 8.86. The Kier molecular flexibility index (Phi) is 4.83. The summed E-state index contributed by atoms with van der Waals surface area (Å²) in [6.45, 7) is 4.08. The normalized spacial score (nSPS) is 11.9. The summed E-state index contributed by atoms with van der Waals surface area (Å²) in [7, 11) is 0.670. The zero-order chi connectivity index (χ0) is 11.1. The molecular weight excluding hydrogens is 208 g/mol. The summed E-state index contributed by atoms with van der Waals surface area (Å²) in [4.78, 5) is 15.3. The van der Waals surface area contributed by atoms with Gasteiger partial charge in [0, 0.05) is 17.9 Å². The molecule has 0 fully saturated rings. The molecule has 1 rings (SSSR count). The van der Waals surface area contributed by atoms with Gasteiger partial charge < -0.3 is 10.1 Å². The maximum absolute atomic E-state index is 11.4. The first-order valence-corrected chi connectivity index (χ1v) is 6.40. The van der Waals surface area contributed by atoms with Crippen molar-refractivity contribution in [2.45, 2.75) is 25.6 Å². The number of ether oxygens (including phenoxy) is 1. The second-order valence-corrected chi connectivity index (χ2v) is 4.23. The number of hydrogen-bond donors (Lipinski definition) is 1. The van der Waals surface area contributed by atoms with Crippen molar-refractivity contribution in [1.82, 2.24) is 10.3 Å². The molecule has 15 heavy (non-hydrogen) atoms. The molecule has 0 saturated carbocycles. The molecule has 1 heterocycles. The van der Waals surface area contributed by atoms with Crippen LogP contribution in [0.25, 0.3) is 0 Å². The highest BCUT2D eigenvalue weighted by molar-refractivity contribution is 6.36. The minimum absolute atomic E-state index is 0.196. The van der Waals surface area contributed by atoms with E-state index in [0.29, 0.717) is 15.4 Å². The van der Waals surface area contributed by atoms with Crippen LogP contribution < -0.4 is 10.1 Å². The van der Waals surface area contributed by atoms with Crippen LogP contribution in [0.2, 0.25) is 6.55 Å². The lowest BCUT2D eigenvalue weighted by atomic mass is 10.5. The molecule has 1 aromatic heterocycles. The molecule has 0 aliphatic heterocycles. The first-order chi connectivity index (χ1) is 7.26. The second kappa shape index (κ2) is 6.18. The minimum atomic E-state index is -0.435. The van der Waals surface area contributed by atoms with E-state index in [9.17, 15) is 4.79 Å². The molecule has 0 saturated heterocycles. The average molecular weight is 222 g/mol. The third kappa shape index (κ3) is 4.12. The Hall–Kier alpha value is -1.36. The van der Waals surface area contributed by atoms with Crippen molar-refractivity contribution in [2.75, 3.05) is 0 Å². The number of carbonyl (C=O) groups excluding carboxylic acids is 1. The molecule has 2 radical (unpaired) electrons. The van der Waals surface area contributed by atoms with Crippen LogP contribution in [0.5, 0.6) is 5.88 Å². The Labute approximate surface area is 91.9 Å². The Morgan fingerprint density at radius 2 is 2.47 bits per heavy atom. The number of aromatic nitrogens is 1. The number of carbonyl (C=O) groups is 1. The highest BCUT2D eigenvalue weighted by atomic mass is 28.2. The van der Waals surface area contributed by atoms with Gasteiger partial charge in [-0.3, -0.25) is 0 Å². The van der Waals surface area contributed by atoms with Crippen molar-refractivity contribution in [3.05, 3.63) is 24.4 Å². The molecule has 1 unspecified atom stereocenters. The first kappa shape index (κ1) is 11.7. The molecular formula is C10H14N2O2Si. The van der Waals surface area contributed by atoms with Crippen molar-refractivity contribution in [3.63, 3.8) is 0 Å².